The number of amides is 1. The molecule has 0 spiro atoms. The van der Waals surface area contributed by atoms with Crippen LogP contribution in [-0.2, 0) is 11.0 Å². The zero-order valence-electron chi connectivity index (χ0n) is 14.8. The Labute approximate surface area is 175 Å². The quantitative estimate of drug-likeness (QED) is 0.395. The lowest BCUT2D eigenvalue weighted by Gasteiger charge is -2.14. The van der Waals surface area contributed by atoms with Gasteiger partial charge in [0.05, 0.1) is 27.5 Å². The minimum absolute atomic E-state index is 0.000573. The summed E-state index contributed by atoms with van der Waals surface area (Å²) >= 11 is 1.73. The number of carbonyl (C=O) groups excluding carboxylic acids is 1. The summed E-state index contributed by atoms with van der Waals surface area (Å²) in [7, 11) is 0. The number of pyridine rings is 1. The van der Waals surface area contributed by atoms with Crippen molar-refractivity contribution in [3.63, 3.8) is 0 Å². The molecule has 0 aliphatic carbocycles. The van der Waals surface area contributed by atoms with Crippen molar-refractivity contribution in [2.24, 2.45) is 0 Å². The molecule has 3 aromatic rings. The van der Waals surface area contributed by atoms with Crippen molar-refractivity contribution in [3.05, 3.63) is 64.5 Å². The minimum atomic E-state index is -4.81. The van der Waals surface area contributed by atoms with Crippen LogP contribution in [0.4, 0.5) is 27.6 Å². The van der Waals surface area contributed by atoms with E-state index in [2.05, 4.69) is 4.98 Å². The van der Waals surface area contributed by atoms with Crippen molar-refractivity contribution < 1.29 is 26.7 Å². The number of alkyl halides is 3. The Kier molecular flexibility index (Phi) is 6.38. The number of rotatable bonds is 5. The number of benzene rings is 1. The number of nitriles is 1. The van der Waals surface area contributed by atoms with Crippen LogP contribution in [0, 0.1) is 23.0 Å². The van der Waals surface area contributed by atoms with Gasteiger partial charge in [-0.25, -0.2) is 13.8 Å². The van der Waals surface area contributed by atoms with Gasteiger partial charge >= 0.3 is 6.18 Å². The highest BCUT2D eigenvalue weighted by Gasteiger charge is 2.36. The first-order valence-electron chi connectivity index (χ1n) is 8.13. The molecule has 30 heavy (non-hydrogen) atoms. The maximum Gasteiger partial charge on any atom is 0.417 e. The summed E-state index contributed by atoms with van der Waals surface area (Å²) in [4.78, 5) is 16.6. The summed E-state index contributed by atoms with van der Waals surface area (Å²) in [5.41, 5.74) is -2.57. The first-order chi connectivity index (χ1) is 14.2. The molecule has 0 radical (unpaired) electrons. The lowest BCUT2D eigenvalue weighted by atomic mass is 10.1. The number of hydrogen-bond donors (Lipinski definition) is 1. The van der Waals surface area contributed by atoms with Crippen LogP contribution in [0.1, 0.15) is 11.1 Å². The van der Waals surface area contributed by atoms with Crippen LogP contribution in [0.5, 0.6) is 0 Å². The van der Waals surface area contributed by atoms with Crippen molar-refractivity contribution in [1.82, 2.24) is 4.98 Å². The fourth-order valence-corrected chi connectivity index (χ4v) is 3.92. The molecule has 3 rings (SSSR count). The van der Waals surface area contributed by atoms with E-state index in [0.29, 0.717) is 16.6 Å². The van der Waals surface area contributed by atoms with Gasteiger partial charge in [0.2, 0.25) is 5.91 Å². The van der Waals surface area contributed by atoms with E-state index >= 15 is 0 Å². The van der Waals surface area contributed by atoms with Gasteiger partial charge in [-0.3, -0.25) is 4.79 Å². The fourth-order valence-electron chi connectivity index (χ4n) is 2.43. The molecule has 1 N–H and O–H groups in total. The van der Waals surface area contributed by atoms with Crippen LogP contribution in [0.15, 0.2) is 46.8 Å². The van der Waals surface area contributed by atoms with Crippen LogP contribution in [0.2, 0.25) is 0 Å². The smallest absolute Gasteiger partial charge is 0.320 e. The Hall–Kier alpha value is -2.97. The summed E-state index contributed by atoms with van der Waals surface area (Å²) in [6.45, 7) is 0. The number of halogens is 5. The summed E-state index contributed by atoms with van der Waals surface area (Å²) < 4.78 is 67.7. The normalized spacial score (nSPS) is 11.2. The maximum atomic E-state index is 13.6. The van der Waals surface area contributed by atoms with Crippen molar-refractivity contribution in [3.8, 4) is 16.6 Å². The van der Waals surface area contributed by atoms with Gasteiger partial charge in [0.15, 0.2) is 0 Å². The van der Waals surface area contributed by atoms with E-state index in [4.69, 9.17) is 0 Å². The third kappa shape index (κ3) is 4.77. The van der Waals surface area contributed by atoms with E-state index in [1.165, 1.54) is 6.07 Å². The molecular formula is C19H10F5N3OS2. The molecule has 0 saturated carbocycles. The first-order valence-corrected chi connectivity index (χ1v) is 10.00. The van der Waals surface area contributed by atoms with E-state index in [9.17, 15) is 32.0 Å². The molecule has 4 nitrogen and oxygen atoms in total. The lowest BCUT2D eigenvalue weighted by Crippen LogP contribution is -2.17. The second kappa shape index (κ2) is 8.81. The molecule has 0 fully saturated rings. The number of thiophene rings is 1. The molecule has 1 aromatic carbocycles. The molecule has 11 heteroatoms. The van der Waals surface area contributed by atoms with Crippen LogP contribution in [0.25, 0.3) is 10.6 Å². The summed E-state index contributed by atoms with van der Waals surface area (Å²) in [6.07, 6.45) is -4.81. The molecule has 154 valence electrons. The molecule has 0 aliphatic heterocycles. The number of thioether (sulfide) groups is 1. The van der Waals surface area contributed by atoms with Gasteiger partial charge < -0.3 is 5.32 Å². The molecular weight excluding hydrogens is 445 g/mol. The van der Waals surface area contributed by atoms with Crippen molar-refractivity contribution in [2.45, 2.75) is 11.2 Å². The van der Waals surface area contributed by atoms with E-state index in [1.807, 2.05) is 5.32 Å². The van der Waals surface area contributed by atoms with Crippen LogP contribution < -0.4 is 5.32 Å². The highest BCUT2D eigenvalue weighted by Crippen LogP contribution is 2.38. The van der Waals surface area contributed by atoms with Crippen molar-refractivity contribution in [1.29, 1.82) is 5.26 Å². The topological polar surface area (TPSA) is 65.8 Å². The first kappa shape index (κ1) is 21.7. The van der Waals surface area contributed by atoms with Gasteiger partial charge in [0, 0.05) is 0 Å². The highest BCUT2D eigenvalue weighted by atomic mass is 32.2. The molecule has 0 unspecified atom stereocenters. The Morgan fingerprint density at radius 2 is 1.90 bits per heavy atom. The summed E-state index contributed by atoms with van der Waals surface area (Å²) in [5, 5.41) is 12.6. The maximum absolute atomic E-state index is 13.6. The standard InChI is InChI=1S/C19H10F5N3OS2/c20-12-3-1-4-13(21)17(12)27-16(28)9-30-18-10(8-25)11(19(22,23)24)7-14(26-18)15-5-2-6-29-15/h1-7H,9H2,(H,27,28). The molecule has 0 bridgehead atoms. The molecule has 0 aliphatic rings. The van der Waals surface area contributed by atoms with Crippen LogP contribution >= 0.6 is 23.1 Å². The largest absolute Gasteiger partial charge is 0.417 e. The summed E-state index contributed by atoms with van der Waals surface area (Å²) in [6, 6.07) is 8.48. The van der Waals surface area contributed by atoms with E-state index < -0.39 is 46.3 Å². The average molecular weight is 455 g/mol. The lowest BCUT2D eigenvalue weighted by molar-refractivity contribution is -0.138. The highest BCUT2D eigenvalue weighted by molar-refractivity contribution is 8.00. The molecule has 1 amide bonds. The number of aromatic nitrogens is 1. The number of carbonyl (C=O) groups is 1. The van der Waals surface area contributed by atoms with E-state index in [1.54, 1.807) is 17.5 Å². The van der Waals surface area contributed by atoms with Gasteiger partial charge in [0.25, 0.3) is 0 Å². The SMILES string of the molecule is N#Cc1c(C(F)(F)F)cc(-c2cccs2)nc1SCC(=O)Nc1c(F)cccc1F. The zero-order valence-corrected chi connectivity index (χ0v) is 16.4. The monoisotopic (exact) mass is 455 g/mol. The van der Waals surface area contributed by atoms with Gasteiger partial charge in [-0.15, -0.1) is 11.3 Å². The Morgan fingerprint density at radius 1 is 1.20 bits per heavy atom. The number of para-hydroxylation sites is 1. The van der Waals surface area contributed by atoms with Gasteiger partial charge in [-0.05, 0) is 29.6 Å². The number of nitrogens with zero attached hydrogens (tertiary/aromatic N) is 2. The molecule has 2 heterocycles. The molecule has 2 aromatic heterocycles. The van der Waals surface area contributed by atoms with Crippen molar-refractivity contribution in [2.75, 3.05) is 11.1 Å². The van der Waals surface area contributed by atoms with Gasteiger partial charge in [0.1, 0.15) is 28.4 Å². The van der Waals surface area contributed by atoms with Crippen LogP contribution in [0.3, 0.4) is 0 Å². The van der Waals surface area contributed by atoms with E-state index in [-0.39, 0.29) is 10.7 Å². The second-order valence-corrected chi connectivity index (χ2v) is 7.67. The van der Waals surface area contributed by atoms with Gasteiger partial charge in [-0.1, -0.05) is 23.9 Å². The summed E-state index contributed by atoms with van der Waals surface area (Å²) in [5.74, 6) is -3.38. The number of nitrogens with one attached hydrogen (secondary N) is 1. The Morgan fingerprint density at radius 3 is 2.47 bits per heavy atom. The average Bonchev–Trinajstić information content (AvgIpc) is 3.22. The Bertz CT molecular complexity index is 1100. The fraction of sp³-hybridized carbons (Fsp3) is 0.105. The predicted octanol–water partition coefficient (Wildman–Crippen LogP) is 5.71. The third-order valence-electron chi connectivity index (χ3n) is 3.74. The third-order valence-corrected chi connectivity index (χ3v) is 5.61. The predicted molar refractivity (Wildman–Crippen MR) is 103 cm³/mol. The van der Waals surface area contributed by atoms with Crippen molar-refractivity contribution >= 4 is 34.7 Å². The second-order valence-electron chi connectivity index (χ2n) is 5.76. The minimum Gasteiger partial charge on any atom is -0.320 e. The Balaban J connectivity index is 1.90. The number of anilines is 1. The zero-order chi connectivity index (χ0) is 21.9. The van der Waals surface area contributed by atoms with E-state index in [0.717, 1.165) is 35.6 Å². The van der Waals surface area contributed by atoms with Gasteiger partial charge in [-0.2, -0.15) is 18.4 Å². The molecule has 0 atom stereocenters. The van der Waals surface area contributed by atoms with Crippen LogP contribution in [-0.4, -0.2) is 16.6 Å². The number of hydrogen-bond acceptors (Lipinski definition) is 5. The molecule has 0 saturated heterocycles.